The van der Waals surface area contributed by atoms with Crippen molar-refractivity contribution in [3.8, 4) is 0 Å². The topological polar surface area (TPSA) is 0 Å². The summed E-state index contributed by atoms with van der Waals surface area (Å²) in [7, 11) is 6.59. The zero-order valence-electron chi connectivity index (χ0n) is 14.8. The highest BCUT2D eigenvalue weighted by Crippen LogP contribution is 1.90. The van der Waals surface area contributed by atoms with Crippen molar-refractivity contribution < 1.29 is 0 Å². The first kappa shape index (κ1) is 17.4. The molecule has 0 aliphatic heterocycles. The zero-order chi connectivity index (χ0) is 17.5. The molecular weight excluding hydrogens is 297 g/mol. The Labute approximate surface area is 153 Å². The van der Waals surface area contributed by atoms with Crippen LogP contribution in [0.1, 0.15) is 13.8 Å². The van der Waals surface area contributed by atoms with Crippen LogP contribution >= 0.6 is 0 Å². The van der Waals surface area contributed by atoms with Gasteiger partial charge >= 0.3 is 0 Å². The molecule has 25 heavy (non-hydrogen) atoms. The van der Waals surface area contributed by atoms with Gasteiger partial charge in [0.1, 0.15) is 0 Å². The van der Waals surface area contributed by atoms with Crippen LogP contribution in [0.25, 0.3) is 0 Å². The van der Waals surface area contributed by atoms with Crippen molar-refractivity contribution in [1.29, 1.82) is 0 Å². The van der Waals surface area contributed by atoms with E-state index in [0.717, 1.165) is 0 Å². The van der Waals surface area contributed by atoms with Crippen LogP contribution in [0.4, 0.5) is 0 Å². The maximum Gasteiger partial charge on any atom is 0.191 e. The first-order valence-electron chi connectivity index (χ1n) is 8.65. The molecule has 0 heterocycles. The normalized spacial score (nSPS) is 11.0. The summed E-state index contributed by atoms with van der Waals surface area (Å²) in [5, 5.41) is 0. The predicted molar refractivity (Wildman–Crippen MR) is 114 cm³/mol. The standard InChI is InChI=1S/C22H20B3/c1-3-17(2)23-19-9-11-21(12-10-19)25-22-15-13-20(14-16-22)24-18-7-5-4-6-8-18/h3-16H,1-2H3/b17-3+. The zero-order valence-corrected chi connectivity index (χ0v) is 14.8. The van der Waals surface area contributed by atoms with Crippen LogP contribution in [0.5, 0.6) is 0 Å². The van der Waals surface area contributed by atoms with Gasteiger partial charge in [0, 0.05) is 0 Å². The lowest BCUT2D eigenvalue weighted by molar-refractivity contribution is 1.57. The van der Waals surface area contributed by atoms with Crippen molar-refractivity contribution >= 4 is 49.2 Å². The molecule has 0 bridgehead atoms. The summed E-state index contributed by atoms with van der Waals surface area (Å²) >= 11 is 0. The van der Waals surface area contributed by atoms with E-state index in [1.807, 2.05) is 6.07 Å². The lowest BCUT2D eigenvalue weighted by Crippen LogP contribution is -2.32. The fraction of sp³-hybridized carbons (Fsp3) is 0.0909. The summed E-state index contributed by atoms with van der Waals surface area (Å²) in [4.78, 5) is 0. The largest absolute Gasteiger partial charge is 0.191 e. The molecule has 0 aromatic heterocycles. The van der Waals surface area contributed by atoms with Crippen LogP contribution < -0.4 is 27.3 Å². The number of rotatable bonds is 6. The summed E-state index contributed by atoms with van der Waals surface area (Å²) in [6.07, 6.45) is 2.12. The molecule has 0 spiro atoms. The Morgan fingerprint density at radius 2 is 1.00 bits per heavy atom. The van der Waals surface area contributed by atoms with E-state index in [2.05, 4.69) is 115 Å². The van der Waals surface area contributed by atoms with Crippen molar-refractivity contribution in [3.05, 3.63) is 90.4 Å². The molecule has 0 fully saturated rings. The highest BCUT2D eigenvalue weighted by atomic mass is 13.9. The van der Waals surface area contributed by atoms with Gasteiger partial charge in [-0.05, 0) is 6.92 Å². The summed E-state index contributed by atoms with van der Waals surface area (Å²) in [6, 6.07) is 27.7. The van der Waals surface area contributed by atoms with Crippen LogP contribution in [0.3, 0.4) is 0 Å². The smallest absolute Gasteiger partial charge is 0.110 e. The number of allylic oxidation sites excluding steroid dienone is 2. The molecule has 0 nitrogen and oxygen atoms in total. The Hall–Kier alpha value is -2.41. The monoisotopic (exact) mass is 317 g/mol. The second kappa shape index (κ2) is 8.62. The number of hydrogen-bond acceptors (Lipinski definition) is 0. The van der Waals surface area contributed by atoms with E-state index in [4.69, 9.17) is 0 Å². The van der Waals surface area contributed by atoms with Crippen molar-refractivity contribution in [2.75, 3.05) is 0 Å². The molecular formula is C22H20B3. The lowest BCUT2D eigenvalue weighted by Gasteiger charge is -2.05. The molecule has 0 atom stereocenters. The maximum absolute atomic E-state index is 2.21. The second-order valence-corrected chi connectivity index (χ2v) is 6.21. The van der Waals surface area contributed by atoms with Gasteiger partial charge in [-0.25, -0.2) is 0 Å². The minimum atomic E-state index is 1.21. The highest BCUT2D eigenvalue weighted by Gasteiger charge is 2.03. The third-order valence-electron chi connectivity index (χ3n) is 4.19. The van der Waals surface area contributed by atoms with E-state index < -0.39 is 0 Å². The second-order valence-electron chi connectivity index (χ2n) is 6.21. The summed E-state index contributed by atoms with van der Waals surface area (Å²) in [6.45, 7) is 4.18. The average Bonchev–Trinajstić information content (AvgIpc) is 2.66. The Kier molecular flexibility index (Phi) is 6.01. The quantitative estimate of drug-likeness (QED) is 0.601. The minimum Gasteiger partial charge on any atom is -0.110 e. The van der Waals surface area contributed by atoms with E-state index in [0.29, 0.717) is 0 Å². The van der Waals surface area contributed by atoms with E-state index in [9.17, 15) is 0 Å². The number of benzene rings is 3. The van der Waals surface area contributed by atoms with Crippen LogP contribution in [-0.2, 0) is 0 Å². The van der Waals surface area contributed by atoms with Gasteiger partial charge in [0.2, 0.25) is 0 Å². The SMILES string of the molecule is C/C=C(\C)[B]c1ccc([B]c2ccc([B]c3ccccc3)cc2)cc1. The first-order valence-corrected chi connectivity index (χ1v) is 8.65. The van der Waals surface area contributed by atoms with Crippen LogP contribution in [-0.4, -0.2) is 21.8 Å². The Balaban J connectivity index is 1.61. The Bertz CT molecular complexity index is 819. The molecule has 0 saturated heterocycles. The van der Waals surface area contributed by atoms with Crippen molar-refractivity contribution in [1.82, 2.24) is 0 Å². The highest BCUT2D eigenvalue weighted by molar-refractivity contribution is 6.69. The fourth-order valence-corrected chi connectivity index (χ4v) is 2.66. The summed E-state index contributed by atoms with van der Waals surface area (Å²) < 4.78 is 0. The van der Waals surface area contributed by atoms with E-state index in [-0.39, 0.29) is 0 Å². The molecule has 3 aromatic rings. The van der Waals surface area contributed by atoms with Gasteiger partial charge in [-0.1, -0.05) is 119 Å². The molecule has 3 radical (unpaired) electrons. The van der Waals surface area contributed by atoms with Gasteiger partial charge in [0.15, 0.2) is 21.8 Å². The molecule has 0 N–H and O–H groups in total. The Morgan fingerprint density at radius 3 is 1.44 bits per heavy atom. The van der Waals surface area contributed by atoms with Gasteiger partial charge < -0.3 is 0 Å². The van der Waals surface area contributed by atoms with Crippen molar-refractivity contribution in [3.63, 3.8) is 0 Å². The Morgan fingerprint density at radius 1 is 0.600 bits per heavy atom. The van der Waals surface area contributed by atoms with Crippen molar-refractivity contribution in [2.45, 2.75) is 13.8 Å². The van der Waals surface area contributed by atoms with Crippen LogP contribution in [0.2, 0.25) is 0 Å². The van der Waals surface area contributed by atoms with Gasteiger partial charge in [-0.15, -0.1) is 5.47 Å². The molecule has 3 heteroatoms. The maximum atomic E-state index is 2.21. The molecule has 3 rings (SSSR count). The van der Waals surface area contributed by atoms with E-state index in [1.54, 1.807) is 0 Å². The molecule has 117 valence electrons. The molecule has 0 unspecified atom stereocenters. The molecule has 3 aromatic carbocycles. The van der Waals surface area contributed by atoms with Crippen molar-refractivity contribution in [2.24, 2.45) is 0 Å². The van der Waals surface area contributed by atoms with Gasteiger partial charge in [-0.3, -0.25) is 0 Å². The van der Waals surface area contributed by atoms with E-state index >= 15 is 0 Å². The molecule has 0 amide bonds. The lowest BCUT2D eigenvalue weighted by atomic mass is 9.59. The number of hydrogen-bond donors (Lipinski definition) is 0. The van der Waals surface area contributed by atoms with Gasteiger partial charge in [-0.2, -0.15) is 0 Å². The molecule has 0 saturated carbocycles. The third-order valence-corrected chi connectivity index (χ3v) is 4.19. The van der Waals surface area contributed by atoms with Gasteiger partial charge in [0.05, 0.1) is 0 Å². The summed E-state index contributed by atoms with van der Waals surface area (Å²) in [5.74, 6) is 0. The van der Waals surface area contributed by atoms with Gasteiger partial charge in [0.25, 0.3) is 0 Å². The minimum absolute atomic E-state index is 1.21. The fourth-order valence-electron chi connectivity index (χ4n) is 2.66. The van der Waals surface area contributed by atoms with Crippen LogP contribution in [0.15, 0.2) is 90.4 Å². The third kappa shape index (κ3) is 5.29. The molecule has 0 aliphatic carbocycles. The molecule has 0 aliphatic rings. The average molecular weight is 317 g/mol. The van der Waals surface area contributed by atoms with E-state index in [1.165, 1.54) is 32.8 Å². The first-order chi connectivity index (χ1) is 12.2. The summed E-state index contributed by atoms with van der Waals surface area (Å²) in [5.41, 5.74) is 7.39. The van der Waals surface area contributed by atoms with Crippen LogP contribution in [0, 0.1) is 0 Å². The predicted octanol–water partition coefficient (Wildman–Crippen LogP) is 1.25.